The lowest BCUT2D eigenvalue weighted by molar-refractivity contribution is 0.0650. The molecule has 0 radical (unpaired) electrons. The number of carbonyl (C=O) groups is 1. The fourth-order valence-corrected chi connectivity index (χ4v) is 3.87. The summed E-state index contributed by atoms with van der Waals surface area (Å²) in [5, 5.41) is 0. The third kappa shape index (κ3) is 3.84. The van der Waals surface area contributed by atoms with E-state index in [0.717, 1.165) is 48.5 Å². The van der Waals surface area contributed by atoms with E-state index in [1.165, 1.54) is 5.56 Å². The zero-order valence-electron chi connectivity index (χ0n) is 14.5. The van der Waals surface area contributed by atoms with Crippen molar-refractivity contribution in [2.45, 2.75) is 0 Å². The number of carbonyl (C=O) groups excluding carboxylic acids is 1. The Morgan fingerprint density at radius 1 is 1.08 bits per heavy atom. The quantitative estimate of drug-likeness (QED) is 0.708. The molecule has 0 unspecified atom stereocenters. The minimum absolute atomic E-state index is 0.111. The number of benzene rings is 2. The van der Waals surface area contributed by atoms with Crippen molar-refractivity contribution in [1.29, 1.82) is 0 Å². The maximum absolute atomic E-state index is 12.7. The fourth-order valence-electron chi connectivity index (χ4n) is 3.21. The smallest absolute Gasteiger partial charge is 0.254 e. The highest BCUT2D eigenvalue weighted by Gasteiger charge is 2.21. The number of rotatable bonds is 4. The summed E-state index contributed by atoms with van der Waals surface area (Å²) in [5.41, 5.74) is 4.69. The first-order valence-electron chi connectivity index (χ1n) is 8.86. The van der Waals surface area contributed by atoms with E-state index >= 15 is 0 Å². The van der Waals surface area contributed by atoms with Crippen LogP contribution in [0.3, 0.4) is 0 Å². The molecule has 0 bridgehead atoms. The van der Waals surface area contributed by atoms with Crippen LogP contribution < -0.4 is 0 Å². The molecule has 4 nitrogen and oxygen atoms in total. The number of hydrogen-bond donors (Lipinski definition) is 0. The predicted molar refractivity (Wildman–Crippen MR) is 107 cm³/mol. The number of amides is 1. The first-order chi connectivity index (χ1) is 12.8. The maximum Gasteiger partial charge on any atom is 0.254 e. The molecule has 2 aromatic carbocycles. The molecule has 1 saturated heterocycles. The zero-order valence-corrected chi connectivity index (χ0v) is 15.4. The van der Waals surface area contributed by atoms with E-state index in [4.69, 9.17) is 0 Å². The SMILES string of the molecule is O=C(c1ccc2scnc2c1)N1CCN(CC=Cc2ccccc2)CC1. The van der Waals surface area contributed by atoms with Gasteiger partial charge in [-0.15, -0.1) is 11.3 Å². The summed E-state index contributed by atoms with van der Waals surface area (Å²) in [6.07, 6.45) is 4.35. The van der Waals surface area contributed by atoms with E-state index in [2.05, 4.69) is 34.2 Å². The molecule has 1 fully saturated rings. The average molecular weight is 363 g/mol. The first kappa shape index (κ1) is 16.9. The number of piperazine rings is 1. The Kier molecular flexibility index (Phi) is 5.09. The number of hydrogen-bond acceptors (Lipinski definition) is 4. The monoisotopic (exact) mass is 363 g/mol. The molecule has 0 aliphatic carbocycles. The summed E-state index contributed by atoms with van der Waals surface area (Å²) in [4.78, 5) is 21.4. The van der Waals surface area contributed by atoms with Crippen molar-refractivity contribution in [3.05, 3.63) is 71.2 Å². The first-order valence-corrected chi connectivity index (χ1v) is 9.74. The van der Waals surface area contributed by atoms with Crippen LogP contribution >= 0.6 is 11.3 Å². The highest BCUT2D eigenvalue weighted by Crippen LogP contribution is 2.20. The minimum atomic E-state index is 0.111. The van der Waals surface area contributed by atoms with Gasteiger partial charge in [-0.05, 0) is 23.8 Å². The molecule has 4 rings (SSSR count). The molecule has 1 aliphatic heterocycles. The van der Waals surface area contributed by atoms with Crippen LogP contribution in [0.4, 0.5) is 0 Å². The van der Waals surface area contributed by atoms with Crippen LogP contribution in [0.5, 0.6) is 0 Å². The number of nitrogens with zero attached hydrogens (tertiary/aromatic N) is 3. The van der Waals surface area contributed by atoms with E-state index in [1.807, 2.05) is 46.8 Å². The molecule has 1 aromatic heterocycles. The Hall–Kier alpha value is -2.50. The molecule has 1 aliphatic rings. The summed E-state index contributed by atoms with van der Waals surface area (Å²) < 4.78 is 1.12. The van der Waals surface area contributed by atoms with Gasteiger partial charge in [0, 0.05) is 38.3 Å². The van der Waals surface area contributed by atoms with E-state index in [0.29, 0.717) is 0 Å². The van der Waals surface area contributed by atoms with Crippen molar-refractivity contribution in [2.75, 3.05) is 32.7 Å². The van der Waals surface area contributed by atoms with Crippen molar-refractivity contribution < 1.29 is 4.79 Å². The van der Waals surface area contributed by atoms with Crippen LogP contribution in [-0.2, 0) is 0 Å². The Bertz CT molecular complexity index is 911. The number of aromatic nitrogens is 1. The standard InChI is InChI=1S/C21H21N3OS/c25-21(18-8-9-20-19(15-18)22-16-26-20)24-13-11-23(12-14-24)10-4-7-17-5-2-1-3-6-17/h1-9,15-16H,10-14H2. The molecule has 0 spiro atoms. The Morgan fingerprint density at radius 3 is 2.69 bits per heavy atom. The van der Waals surface area contributed by atoms with Crippen LogP contribution in [0.25, 0.3) is 16.3 Å². The van der Waals surface area contributed by atoms with Crippen molar-refractivity contribution in [3.8, 4) is 0 Å². The summed E-state index contributed by atoms with van der Waals surface area (Å²) in [5.74, 6) is 0.111. The zero-order chi connectivity index (χ0) is 17.8. The van der Waals surface area contributed by atoms with Gasteiger partial charge < -0.3 is 4.90 Å². The van der Waals surface area contributed by atoms with Gasteiger partial charge in [0.2, 0.25) is 0 Å². The van der Waals surface area contributed by atoms with Crippen LogP contribution in [-0.4, -0.2) is 53.4 Å². The lowest BCUT2D eigenvalue weighted by Crippen LogP contribution is -2.48. The van der Waals surface area contributed by atoms with Gasteiger partial charge >= 0.3 is 0 Å². The van der Waals surface area contributed by atoms with E-state index in [1.54, 1.807) is 11.3 Å². The van der Waals surface area contributed by atoms with Gasteiger partial charge in [-0.2, -0.15) is 0 Å². The number of fused-ring (bicyclic) bond motifs is 1. The molecular weight excluding hydrogens is 342 g/mol. The normalized spacial score (nSPS) is 15.8. The van der Waals surface area contributed by atoms with Crippen LogP contribution in [0.15, 0.2) is 60.1 Å². The molecule has 1 amide bonds. The second-order valence-electron chi connectivity index (χ2n) is 6.44. The highest BCUT2D eigenvalue weighted by atomic mass is 32.1. The molecule has 2 heterocycles. The summed E-state index contributed by atoms with van der Waals surface area (Å²) >= 11 is 1.60. The summed E-state index contributed by atoms with van der Waals surface area (Å²) in [7, 11) is 0. The maximum atomic E-state index is 12.7. The average Bonchev–Trinajstić information content (AvgIpc) is 3.17. The summed E-state index contributed by atoms with van der Waals surface area (Å²) in [6, 6.07) is 16.1. The van der Waals surface area contributed by atoms with Crippen LogP contribution in [0.2, 0.25) is 0 Å². The van der Waals surface area contributed by atoms with Gasteiger partial charge in [0.25, 0.3) is 5.91 Å². The van der Waals surface area contributed by atoms with Gasteiger partial charge in [0.05, 0.1) is 15.7 Å². The molecule has 5 heteroatoms. The van der Waals surface area contributed by atoms with Gasteiger partial charge in [-0.25, -0.2) is 4.98 Å². The molecule has 3 aromatic rings. The summed E-state index contributed by atoms with van der Waals surface area (Å²) in [6.45, 7) is 4.27. The molecule has 132 valence electrons. The largest absolute Gasteiger partial charge is 0.336 e. The Balaban J connectivity index is 1.31. The van der Waals surface area contributed by atoms with E-state index < -0.39 is 0 Å². The highest BCUT2D eigenvalue weighted by molar-refractivity contribution is 7.16. The van der Waals surface area contributed by atoms with Crippen molar-refractivity contribution in [3.63, 3.8) is 0 Å². The number of thiazole rings is 1. The third-order valence-electron chi connectivity index (χ3n) is 4.71. The molecule has 0 saturated carbocycles. The van der Waals surface area contributed by atoms with Crippen molar-refractivity contribution >= 4 is 33.5 Å². The van der Waals surface area contributed by atoms with Crippen molar-refractivity contribution in [1.82, 2.24) is 14.8 Å². The molecular formula is C21H21N3OS. The van der Waals surface area contributed by atoms with Gasteiger partial charge in [0.15, 0.2) is 0 Å². The second kappa shape index (κ2) is 7.81. The Morgan fingerprint density at radius 2 is 1.88 bits per heavy atom. The third-order valence-corrected chi connectivity index (χ3v) is 5.52. The van der Waals surface area contributed by atoms with E-state index in [-0.39, 0.29) is 5.91 Å². The second-order valence-corrected chi connectivity index (χ2v) is 7.33. The minimum Gasteiger partial charge on any atom is -0.336 e. The lowest BCUT2D eigenvalue weighted by Gasteiger charge is -2.34. The molecule has 0 atom stereocenters. The van der Waals surface area contributed by atoms with Gasteiger partial charge in [-0.1, -0.05) is 42.5 Å². The van der Waals surface area contributed by atoms with Crippen LogP contribution in [0, 0.1) is 0 Å². The van der Waals surface area contributed by atoms with Gasteiger partial charge in [0.1, 0.15) is 0 Å². The molecule has 26 heavy (non-hydrogen) atoms. The Labute approximate surface area is 157 Å². The molecule has 0 N–H and O–H groups in total. The topological polar surface area (TPSA) is 36.4 Å². The lowest BCUT2D eigenvalue weighted by atomic mass is 10.1. The predicted octanol–water partition coefficient (Wildman–Crippen LogP) is 3.77. The van der Waals surface area contributed by atoms with Gasteiger partial charge in [-0.3, -0.25) is 9.69 Å². The van der Waals surface area contributed by atoms with Crippen LogP contribution in [0.1, 0.15) is 15.9 Å². The van der Waals surface area contributed by atoms with E-state index in [9.17, 15) is 4.79 Å². The van der Waals surface area contributed by atoms with Crippen molar-refractivity contribution in [2.24, 2.45) is 0 Å². The fraction of sp³-hybridized carbons (Fsp3) is 0.238.